The Balaban J connectivity index is 2.33. The van der Waals surface area contributed by atoms with Crippen LogP contribution in [0.5, 0.6) is 0 Å². The second-order valence-corrected chi connectivity index (χ2v) is 6.40. The van der Waals surface area contributed by atoms with Gasteiger partial charge in [-0.2, -0.15) is 0 Å². The van der Waals surface area contributed by atoms with Crippen LogP contribution in [0.15, 0.2) is 91.0 Å². The van der Waals surface area contributed by atoms with Crippen LogP contribution in [-0.4, -0.2) is 11.1 Å². The zero-order valence-corrected chi connectivity index (χ0v) is 14.3. The van der Waals surface area contributed by atoms with Crippen LogP contribution < -0.4 is 0 Å². The summed E-state index contributed by atoms with van der Waals surface area (Å²) < 4.78 is 0. The Morgan fingerprint density at radius 1 is 0.760 bits per heavy atom. The van der Waals surface area contributed by atoms with Crippen LogP contribution in [0.4, 0.5) is 0 Å². The topological polar surface area (TPSA) is 37.3 Å². The fourth-order valence-corrected chi connectivity index (χ4v) is 3.87. The Hall–Kier alpha value is -2.87. The molecule has 3 aromatic rings. The number of carboxylic acids is 1. The minimum absolute atomic E-state index is 0.0959. The summed E-state index contributed by atoms with van der Waals surface area (Å²) in [7, 11) is 0. The van der Waals surface area contributed by atoms with Gasteiger partial charge in [-0.3, -0.25) is 4.79 Å². The summed E-state index contributed by atoms with van der Waals surface area (Å²) in [6, 6.07) is 30.7. The molecule has 1 N–H and O–H groups in total. The first-order chi connectivity index (χ1) is 12.2. The molecule has 3 aromatic carbocycles. The fourth-order valence-electron chi connectivity index (χ4n) is 3.87. The summed E-state index contributed by atoms with van der Waals surface area (Å²) in [5.74, 6) is -0.892. The molecule has 0 radical (unpaired) electrons. The van der Waals surface area contributed by atoms with Crippen molar-refractivity contribution < 1.29 is 9.90 Å². The van der Waals surface area contributed by atoms with Crippen LogP contribution in [-0.2, 0) is 10.2 Å². The molecule has 2 nitrogen and oxygen atoms in total. The highest BCUT2D eigenvalue weighted by Crippen LogP contribution is 2.46. The standard InChI is InChI=1S/C23H22O2/c1-18(17-22(24)25)23(19-11-5-2-6-12-19,20-13-7-3-8-14-20)21-15-9-4-10-16-21/h2-16,18H,17H2,1H3,(H,24,25)/t18-/m1/s1. The molecule has 0 aliphatic heterocycles. The van der Waals surface area contributed by atoms with Gasteiger partial charge < -0.3 is 5.11 Å². The number of aliphatic carboxylic acids is 1. The Morgan fingerprint density at radius 3 is 1.36 bits per heavy atom. The molecule has 0 unspecified atom stereocenters. The number of carboxylic acid groups (broad SMARTS) is 1. The Morgan fingerprint density at radius 2 is 1.08 bits per heavy atom. The van der Waals surface area contributed by atoms with Gasteiger partial charge in [0, 0.05) is 11.8 Å². The monoisotopic (exact) mass is 330 g/mol. The molecule has 0 aliphatic rings. The molecule has 0 saturated heterocycles. The molecule has 0 aromatic heterocycles. The largest absolute Gasteiger partial charge is 0.481 e. The van der Waals surface area contributed by atoms with E-state index in [1.54, 1.807) is 0 Å². The van der Waals surface area contributed by atoms with Crippen LogP contribution in [0.3, 0.4) is 0 Å². The van der Waals surface area contributed by atoms with Crippen molar-refractivity contribution in [3.63, 3.8) is 0 Å². The highest BCUT2D eigenvalue weighted by Gasteiger charge is 2.42. The third-order valence-corrected chi connectivity index (χ3v) is 4.91. The molecule has 0 bridgehead atoms. The minimum atomic E-state index is -0.778. The molecule has 25 heavy (non-hydrogen) atoms. The van der Waals surface area contributed by atoms with E-state index in [0.29, 0.717) is 0 Å². The highest BCUT2D eigenvalue weighted by molar-refractivity contribution is 5.68. The van der Waals surface area contributed by atoms with E-state index < -0.39 is 11.4 Å². The zero-order chi connectivity index (χ0) is 17.7. The summed E-state index contributed by atoms with van der Waals surface area (Å²) in [4.78, 5) is 11.6. The third kappa shape index (κ3) is 3.20. The Kier molecular flexibility index (Phi) is 4.99. The predicted octanol–water partition coefficient (Wildman–Crippen LogP) is 5.13. The molecule has 0 fully saturated rings. The first-order valence-electron chi connectivity index (χ1n) is 8.54. The second-order valence-electron chi connectivity index (χ2n) is 6.40. The third-order valence-electron chi connectivity index (χ3n) is 4.91. The normalized spacial score (nSPS) is 12.5. The van der Waals surface area contributed by atoms with E-state index in [1.165, 1.54) is 0 Å². The van der Waals surface area contributed by atoms with Gasteiger partial charge in [-0.15, -0.1) is 0 Å². The molecule has 3 rings (SSSR count). The molecule has 0 saturated carbocycles. The van der Waals surface area contributed by atoms with Gasteiger partial charge in [0.05, 0.1) is 0 Å². The van der Waals surface area contributed by atoms with E-state index >= 15 is 0 Å². The molecule has 1 atom stereocenters. The zero-order valence-electron chi connectivity index (χ0n) is 14.3. The first-order valence-corrected chi connectivity index (χ1v) is 8.54. The van der Waals surface area contributed by atoms with Crippen molar-refractivity contribution in [1.82, 2.24) is 0 Å². The van der Waals surface area contributed by atoms with Crippen LogP contribution in [0, 0.1) is 5.92 Å². The number of benzene rings is 3. The van der Waals surface area contributed by atoms with Gasteiger partial charge in [-0.05, 0) is 22.6 Å². The van der Waals surface area contributed by atoms with Crippen molar-refractivity contribution >= 4 is 5.97 Å². The van der Waals surface area contributed by atoms with E-state index in [0.717, 1.165) is 16.7 Å². The molecule has 0 spiro atoms. The molecular formula is C23H22O2. The minimum Gasteiger partial charge on any atom is -0.481 e. The van der Waals surface area contributed by atoms with Crippen LogP contribution >= 0.6 is 0 Å². The summed E-state index contributed by atoms with van der Waals surface area (Å²) in [5, 5.41) is 9.49. The van der Waals surface area contributed by atoms with Gasteiger partial charge in [0.25, 0.3) is 0 Å². The maximum atomic E-state index is 11.6. The van der Waals surface area contributed by atoms with Gasteiger partial charge in [0.1, 0.15) is 0 Å². The molecule has 0 amide bonds. The highest BCUT2D eigenvalue weighted by atomic mass is 16.4. The van der Waals surface area contributed by atoms with Crippen molar-refractivity contribution in [1.29, 1.82) is 0 Å². The number of carbonyl (C=O) groups is 1. The maximum Gasteiger partial charge on any atom is 0.303 e. The molecule has 2 heteroatoms. The van der Waals surface area contributed by atoms with Crippen molar-refractivity contribution in [2.45, 2.75) is 18.8 Å². The lowest BCUT2D eigenvalue weighted by molar-refractivity contribution is -0.138. The average Bonchev–Trinajstić information content (AvgIpc) is 2.64. The average molecular weight is 330 g/mol. The SMILES string of the molecule is C[C@H](CC(=O)O)C(c1ccccc1)(c1ccccc1)c1ccccc1. The van der Waals surface area contributed by atoms with Gasteiger partial charge in [-0.25, -0.2) is 0 Å². The van der Waals surface area contributed by atoms with Gasteiger partial charge in [0.15, 0.2) is 0 Å². The quantitative estimate of drug-likeness (QED) is 0.636. The van der Waals surface area contributed by atoms with Gasteiger partial charge >= 0.3 is 5.97 Å². The van der Waals surface area contributed by atoms with Crippen molar-refractivity contribution in [3.8, 4) is 0 Å². The summed E-state index contributed by atoms with van der Waals surface area (Å²) in [6.45, 7) is 2.03. The summed E-state index contributed by atoms with van der Waals surface area (Å²) in [6.07, 6.45) is 0.0959. The van der Waals surface area contributed by atoms with Crippen LogP contribution in [0.25, 0.3) is 0 Å². The van der Waals surface area contributed by atoms with E-state index in [-0.39, 0.29) is 12.3 Å². The van der Waals surface area contributed by atoms with Gasteiger partial charge in [0.2, 0.25) is 0 Å². The van der Waals surface area contributed by atoms with E-state index in [4.69, 9.17) is 0 Å². The number of hydrogen-bond acceptors (Lipinski definition) is 1. The Bertz CT molecular complexity index is 714. The fraction of sp³-hybridized carbons (Fsp3) is 0.174. The number of rotatable bonds is 6. The molecule has 0 heterocycles. The number of hydrogen-bond donors (Lipinski definition) is 1. The lowest BCUT2D eigenvalue weighted by Gasteiger charge is -2.41. The van der Waals surface area contributed by atoms with Gasteiger partial charge in [-0.1, -0.05) is 97.9 Å². The second kappa shape index (κ2) is 7.35. The lowest BCUT2D eigenvalue weighted by Crippen LogP contribution is -2.37. The summed E-state index contributed by atoms with van der Waals surface area (Å²) in [5.41, 5.74) is 2.82. The molecule has 0 aliphatic carbocycles. The lowest BCUT2D eigenvalue weighted by atomic mass is 9.61. The smallest absolute Gasteiger partial charge is 0.303 e. The first kappa shape index (κ1) is 17.0. The van der Waals surface area contributed by atoms with E-state index in [9.17, 15) is 9.90 Å². The molecule has 126 valence electrons. The van der Waals surface area contributed by atoms with Crippen LogP contribution in [0.1, 0.15) is 30.0 Å². The van der Waals surface area contributed by atoms with Crippen LogP contribution in [0.2, 0.25) is 0 Å². The van der Waals surface area contributed by atoms with Crippen molar-refractivity contribution in [2.24, 2.45) is 5.92 Å². The molecular weight excluding hydrogens is 308 g/mol. The maximum absolute atomic E-state index is 11.6. The van der Waals surface area contributed by atoms with E-state index in [2.05, 4.69) is 36.4 Å². The Labute approximate surface area is 148 Å². The van der Waals surface area contributed by atoms with Crippen molar-refractivity contribution in [2.75, 3.05) is 0 Å². The summed E-state index contributed by atoms with van der Waals surface area (Å²) >= 11 is 0. The predicted molar refractivity (Wildman–Crippen MR) is 101 cm³/mol. The van der Waals surface area contributed by atoms with Crippen molar-refractivity contribution in [3.05, 3.63) is 108 Å². The van der Waals surface area contributed by atoms with E-state index in [1.807, 2.05) is 61.5 Å².